The summed E-state index contributed by atoms with van der Waals surface area (Å²) in [6.07, 6.45) is 0.409. The van der Waals surface area contributed by atoms with Gasteiger partial charge in [-0.1, -0.05) is 12.1 Å². The Kier molecular flexibility index (Phi) is 2.89. The molecule has 2 fully saturated rings. The summed E-state index contributed by atoms with van der Waals surface area (Å²) < 4.78 is 0. The van der Waals surface area contributed by atoms with Crippen molar-refractivity contribution in [2.45, 2.75) is 19.4 Å². The largest absolute Gasteiger partial charge is 0.367 e. The van der Waals surface area contributed by atoms with Gasteiger partial charge in [0.25, 0.3) is 0 Å². The van der Waals surface area contributed by atoms with Crippen LogP contribution in [0, 0.1) is 6.92 Å². The molecule has 0 aromatic heterocycles. The zero-order valence-electron chi connectivity index (χ0n) is 10.9. The van der Waals surface area contributed by atoms with E-state index >= 15 is 0 Å². The maximum Gasteiger partial charge on any atom is 0.324 e. The number of aryl methyl sites for hydroxylation is 1. The van der Waals surface area contributed by atoms with Gasteiger partial charge in [0.15, 0.2) is 0 Å². The zero-order valence-corrected chi connectivity index (χ0v) is 10.9. The van der Waals surface area contributed by atoms with E-state index in [1.54, 1.807) is 4.90 Å². The molecule has 0 unspecified atom stereocenters. The fraction of sp³-hybridized carbons (Fsp3) is 0.429. The molecule has 0 bridgehead atoms. The van der Waals surface area contributed by atoms with Gasteiger partial charge in [-0.2, -0.15) is 0 Å². The van der Waals surface area contributed by atoms with Crippen molar-refractivity contribution >= 4 is 17.6 Å². The Bertz CT molecular complexity index is 523. The van der Waals surface area contributed by atoms with E-state index < -0.39 is 0 Å². The molecule has 2 heterocycles. The molecule has 1 aromatic carbocycles. The van der Waals surface area contributed by atoms with Gasteiger partial charge in [-0.05, 0) is 24.6 Å². The first-order valence-corrected chi connectivity index (χ1v) is 6.55. The summed E-state index contributed by atoms with van der Waals surface area (Å²) in [6, 6.07) is 8.33. The highest BCUT2D eigenvalue weighted by molar-refractivity contribution is 5.96. The number of carbonyl (C=O) groups excluding carboxylic acids is 2. The number of carbonyl (C=O) groups is 2. The first-order chi connectivity index (χ1) is 9.13. The summed E-state index contributed by atoms with van der Waals surface area (Å²) in [5.41, 5.74) is 2.44. The molecule has 3 rings (SSSR count). The molecule has 0 spiro atoms. The van der Waals surface area contributed by atoms with Crippen LogP contribution in [-0.2, 0) is 4.79 Å². The molecule has 19 heavy (non-hydrogen) atoms. The molecule has 2 saturated heterocycles. The Morgan fingerprint density at radius 2 is 2.05 bits per heavy atom. The van der Waals surface area contributed by atoms with Gasteiger partial charge in [0.1, 0.15) is 0 Å². The lowest BCUT2D eigenvalue weighted by Crippen LogP contribution is -2.65. The van der Waals surface area contributed by atoms with E-state index in [9.17, 15) is 9.59 Å². The molecule has 0 atom stereocenters. The molecule has 0 aliphatic carbocycles. The van der Waals surface area contributed by atoms with Crippen LogP contribution in [-0.4, -0.2) is 42.5 Å². The summed E-state index contributed by atoms with van der Waals surface area (Å²) >= 11 is 0. The summed E-state index contributed by atoms with van der Waals surface area (Å²) in [4.78, 5) is 26.8. The molecule has 0 radical (unpaired) electrons. The third-order valence-corrected chi connectivity index (χ3v) is 3.76. The van der Waals surface area contributed by atoms with Crippen molar-refractivity contribution in [2.75, 3.05) is 24.5 Å². The van der Waals surface area contributed by atoms with Crippen LogP contribution in [0.5, 0.6) is 0 Å². The van der Waals surface area contributed by atoms with E-state index in [1.807, 2.05) is 6.07 Å². The summed E-state index contributed by atoms with van der Waals surface area (Å²) in [5, 5.41) is 2.37. The van der Waals surface area contributed by atoms with E-state index in [4.69, 9.17) is 0 Å². The number of hydrogen-bond donors (Lipinski definition) is 1. The average molecular weight is 259 g/mol. The molecule has 5 heteroatoms. The van der Waals surface area contributed by atoms with E-state index in [0.717, 1.165) is 13.1 Å². The third-order valence-electron chi connectivity index (χ3n) is 3.76. The van der Waals surface area contributed by atoms with Crippen molar-refractivity contribution in [1.29, 1.82) is 0 Å². The van der Waals surface area contributed by atoms with Crippen molar-refractivity contribution in [1.82, 2.24) is 10.2 Å². The molecule has 0 saturated carbocycles. The maximum atomic E-state index is 11.7. The number of nitrogens with zero attached hydrogens (tertiary/aromatic N) is 2. The fourth-order valence-corrected chi connectivity index (χ4v) is 2.61. The second-order valence-corrected chi connectivity index (χ2v) is 5.19. The number of hydrogen-bond acceptors (Lipinski definition) is 3. The predicted octanol–water partition coefficient (Wildman–Crippen LogP) is 1.13. The normalized spacial score (nSPS) is 20.3. The van der Waals surface area contributed by atoms with Crippen LogP contribution >= 0.6 is 0 Å². The molecule has 100 valence electrons. The highest BCUT2D eigenvalue weighted by Crippen LogP contribution is 2.25. The summed E-state index contributed by atoms with van der Waals surface area (Å²) in [7, 11) is 0. The minimum absolute atomic E-state index is 0.170. The second kappa shape index (κ2) is 4.57. The zero-order chi connectivity index (χ0) is 13.4. The van der Waals surface area contributed by atoms with Crippen molar-refractivity contribution < 1.29 is 9.59 Å². The highest BCUT2D eigenvalue weighted by Gasteiger charge is 2.37. The molecule has 5 nitrogen and oxygen atoms in total. The number of urea groups is 1. The summed E-state index contributed by atoms with van der Waals surface area (Å²) in [6.45, 7) is 4.29. The Morgan fingerprint density at radius 3 is 2.74 bits per heavy atom. The maximum absolute atomic E-state index is 11.7. The Labute approximate surface area is 112 Å². The minimum atomic E-state index is -0.245. The molecule has 2 aliphatic rings. The van der Waals surface area contributed by atoms with Crippen molar-refractivity contribution in [3.05, 3.63) is 29.8 Å². The van der Waals surface area contributed by atoms with Crippen LogP contribution in [0.4, 0.5) is 10.5 Å². The van der Waals surface area contributed by atoms with Crippen LogP contribution in [0.25, 0.3) is 0 Å². The smallest absolute Gasteiger partial charge is 0.324 e. The second-order valence-electron chi connectivity index (χ2n) is 5.19. The topological polar surface area (TPSA) is 52.6 Å². The van der Waals surface area contributed by atoms with Crippen molar-refractivity contribution in [3.63, 3.8) is 0 Å². The van der Waals surface area contributed by atoms with Crippen molar-refractivity contribution in [3.8, 4) is 0 Å². The average Bonchev–Trinajstić information content (AvgIpc) is 2.30. The first kappa shape index (κ1) is 12.0. The monoisotopic (exact) mass is 259 g/mol. The van der Waals surface area contributed by atoms with Gasteiger partial charge in [0.05, 0.1) is 6.04 Å². The Hall–Kier alpha value is -2.04. The van der Waals surface area contributed by atoms with Gasteiger partial charge in [0, 0.05) is 31.7 Å². The lowest BCUT2D eigenvalue weighted by atomic mass is 10.0. The van der Waals surface area contributed by atoms with E-state index in [2.05, 4.69) is 35.3 Å². The molecule has 1 N–H and O–H groups in total. The standard InChI is InChI=1S/C14H17N3O2/c1-10-3-2-4-11(7-10)16-8-12(9-16)17-6-5-13(18)15-14(17)19/h2-4,7,12H,5-6,8-9H2,1H3,(H,15,18,19). The molecule has 3 amide bonds. The number of imide groups is 1. The van der Waals surface area contributed by atoms with Gasteiger partial charge < -0.3 is 9.80 Å². The lowest BCUT2D eigenvalue weighted by Gasteiger charge is -2.47. The van der Waals surface area contributed by atoms with Gasteiger partial charge in [-0.15, -0.1) is 0 Å². The SMILES string of the molecule is Cc1cccc(N2CC(N3CCC(=O)NC3=O)C2)c1. The van der Waals surface area contributed by atoms with Gasteiger partial charge in [-0.25, -0.2) is 4.79 Å². The highest BCUT2D eigenvalue weighted by atomic mass is 16.2. The number of benzene rings is 1. The van der Waals surface area contributed by atoms with E-state index in [1.165, 1.54) is 11.3 Å². The van der Waals surface area contributed by atoms with E-state index in [-0.39, 0.29) is 18.0 Å². The van der Waals surface area contributed by atoms with Crippen LogP contribution in [0.15, 0.2) is 24.3 Å². The third kappa shape index (κ3) is 2.28. The van der Waals surface area contributed by atoms with Crippen molar-refractivity contribution in [2.24, 2.45) is 0 Å². The minimum Gasteiger partial charge on any atom is -0.367 e. The Morgan fingerprint density at radius 1 is 1.26 bits per heavy atom. The number of amides is 3. The first-order valence-electron chi connectivity index (χ1n) is 6.55. The van der Waals surface area contributed by atoms with Crippen LogP contribution in [0.3, 0.4) is 0 Å². The predicted molar refractivity (Wildman–Crippen MR) is 72.0 cm³/mol. The molecular formula is C14H17N3O2. The molecule has 1 aromatic rings. The van der Waals surface area contributed by atoms with E-state index in [0.29, 0.717) is 13.0 Å². The number of rotatable bonds is 2. The lowest BCUT2D eigenvalue weighted by molar-refractivity contribution is -0.121. The number of anilines is 1. The van der Waals surface area contributed by atoms with Crippen LogP contribution < -0.4 is 10.2 Å². The molecular weight excluding hydrogens is 242 g/mol. The fourth-order valence-electron chi connectivity index (χ4n) is 2.61. The summed E-state index contributed by atoms with van der Waals surface area (Å²) in [5.74, 6) is -0.170. The van der Waals surface area contributed by atoms with Gasteiger partial charge >= 0.3 is 6.03 Å². The Balaban J connectivity index is 1.61. The number of nitrogens with one attached hydrogen (secondary N) is 1. The quantitative estimate of drug-likeness (QED) is 0.866. The van der Waals surface area contributed by atoms with Crippen LogP contribution in [0.1, 0.15) is 12.0 Å². The van der Waals surface area contributed by atoms with Gasteiger partial charge in [-0.3, -0.25) is 10.1 Å². The van der Waals surface area contributed by atoms with Gasteiger partial charge in [0.2, 0.25) is 5.91 Å². The van der Waals surface area contributed by atoms with Crippen LogP contribution in [0.2, 0.25) is 0 Å². The molecule has 2 aliphatic heterocycles.